The summed E-state index contributed by atoms with van der Waals surface area (Å²) >= 11 is 6.42. The van der Waals surface area contributed by atoms with Gasteiger partial charge in [0.1, 0.15) is 0 Å². The Kier molecular flexibility index (Phi) is 7.18. The van der Waals surface area contributed by atoms with Gasteiger partial charge in [0.2, 0.25) is 0 Å². The van der Waals surface area contributed by atoms with E-state index in [1.807, 2.05) is 31.2 Å². The van der Waals surface area contributed by atoms with Crippen molar-refractivity contribution >= 4 is 29.2 Å². The lowest BCUT2D eigenvalue weighted by Crippen LogP contribution is -2.36. The molecule has 0 aliphatic carbocycles. The molecule has 1 aliphatic rings. The van der Waals surface area contributed by atoms with Crippen LogP contribution in [-0.4, -0.2) is 45.7 Å². The highest BCUT2D eigenvalue weighted by Crippen LogP contribution is 2.37. The summed E-state index contributed by atoms with van der Waals surface area (Å²) in [5, 5.41) is 0.517. The molecule has 1 fully saturated rings. The summed E-state index contributed by atoms with van der Waals surface area (Å²) in [5.41, 5.74) is 2.93. The van der Waals surface area contributed by atoms with Crippen molar-refractivity contribution in [2.45, 2.75) is 26.4 Å². The highest BCUT2D eigenvalue weighted by atomic mass is 35.5. The van der Waals surface area contributed by atoms with Gasteiger partial charge in [-0.25, -0.2) is 0 Å². The van der Waals surface area contributed by atoms with Crippen molar-refractivity contribution in [3.05, 3.63) is 47.0 Å². The topological polar surface area (TPSA) is 43.3 Å². The summed E-state index contributed by atoms with van der Waals surface area (Å²) in [5.74, 6) is 1.18. The highest BCUT2D eigenvalue weighted by molar-refractivity contribution is 6.32. The van der Waals surface area contributed by atoms with Gasteiger partial charge in [0.05, 0.1) is 37.1 Å². The van der Waals surface area contributed by atoms with Crippen LogP contribution in [0.5, 0.6) is 11.5 Å². The molecule has 3 rings (SSSR count). The van der Waals surface area contributed by atoms with E-state index in [1.54, 1.807) is 13.3 Å². The van der Waals surface area contributed by atoms with E-state index >= 15 is 0 Å². The van der Waals surface area contributed by atoms with Gasteiger partial charge >= 0.3 is 0 Å². The van der Waals surface area contributed by atoms with Crippen LogP contribution >= 0.6 is 11.6 Å². The first-order chi connectivity index (χ1) is 13.6. The predicted octanol–water partition coefficient (Wildman–Crippen LogP) is 5.11. The number of aliphatic imine (C=N–C) groups is 1. The Labute approximate surface area is 171 Å². The third kappa shape index (κ3) is 5.18. The van der Waals surface area contributed by atoms with E-state index in [4.69, 9.17) is 25.8 Å². The number of benzene rings is 2. The van der Waals surface area contributed by atoms with E-state index in [9.17, 15) is 0 Å². The van der Waals surface area contributed by atoms with Gasteiger partial charge in [0.25, 0.3) is 0 Å². The lowest BCUT2D eigenvalue weighted by molar-refractivity contribution is 0.122. The molecule has 150 valence electrons. The van der Waals surface area contributed by atoms with Crippen molar-refractivity contribution in [1.29, 1.82) is 0 Å². The van der Waals surface area contributed by atoms with Crippen LogP contribution in [0.2, 0.25) is 5.02 Å². The van der Waals surface area contributed by atoms with Crippen LogP contribution in [0.1, 0.15) is 25.8 Å². The van der Waals surface area contributed by atoms with E-state index in [0.717, 1.165) is 44.0 Å². The first-order valence-electron chi connectivity index (χ1n) is 9.61. The molecule has 0 unspecified atom stereocenters. The molecule has 28 heavy (non-hydrogen) atoms. The second-order valence-electron chi connectivity index (χ2n) is 6.74. The van der Waals surface area contributed by atoms with Crippen molar-refractivity contribution in [3.63, 3.8) is 0 Å². The Balaban J connectivity index is 1.73. The number of rotatable bonds is 7. The van der Waals surface area contributed by atoms with Crippen LogP contribution in [0, 0.1) is 0 Å². The van der Waals surface area contributed by atoms with Crippen LogP contribution in [-0.2, 0) is 4.74 Å². The van der Waals surface area contributed by atoms with Crippen LogP contribution < -0.4 is 14.4 Å². The van der Waals surface area contributed by atoms with Gasteiger partial charge in [-0.05, 0) is 55.3 Å². The molecular weight excluding hydrogens is 376 g/mol. The van der Waals surface area contributed by atoms with Gasteiger partial charge in [-0.3, -0.25) is 4.99 Å². The smallest absolute Gasteiger partial charge is 0.180 e. The van der Waals surface area contributed by atoms with Gasteiger partial charge in [0.15, 0.2) is 11.5 Å². The standard InChI is InChI=1S/C22H27ClN2O3/c1-4-16(2)28-22-20(23)13-17(14-21(22)26-3)15-24-18-5-7-19(8-6-18)25-9-11-27-12-10-25/h5-8,13-16H,4,9-12H2,1-3H3/t16-/m0/s1. The number of halogens is 1. The summed E-state index contributed by atoms with van der Waals surface area (Å²) in [6, 6.07) is 11.9. The molecule has 2 aromatic carbocycles. The number of morpholine rings is 1. The summed E-state index contributed by atoms with van der Waals surface area (Å²) < 4.78 is 16.8. The zero-order valence-corrected chi connectivity index (χ0v) is 17.4. The molecule has 0 aromatic heterocycles. The normalized spacial score (nSPS) is 15.6. The van der Waals surface area contributed by atoms with Crippen molar-refractivity contribution in [2.75, 3.05) is 38.3 Å². The van der Waals surface area contributed by atoms with E-state index in [0.29, 0.717) is 16.5 Å². The summed E-state index contributed by atoms with van der Waals surface area (Å²) in [6.07, 6.45) is 2.74. The van der Waals surface area contributed by atoms with Gasteiger partial charge < -0.3 is 19.1 Å². The van der Waals surface area contributed by atoms with Gasteiger partial charge in [-0.1, -0.05) is 18.5 Å². The number of anilines is 1. The Bertz CT molecular complexity index is 802. The van der Waals surface area contributed by atoms with Crippen LogP contribution in [0.3, 0.4) is 0 Å². The molecule has 0 radical (unpaired) electrons. The zero-order valence-electron chi connectivity index (χ0n) is 16.7. The fourth-order valence-electron chi connectivity index (χ4n) is 2.93. The summed E-state index contributed by atoms with van der Waals surface area (Å²) in [4.78, 5) is 6.88. The lowest BCUT2D eigenvalue weighted by atomic mass is 10.2. The fraction of sp³-hybridized carbons (Fsp3) is 0.409. The van der Waals surface area contributed by atoms with Crippen LogP contribution in [0.15, 0.2) is 41.4 Å². The molecule has 6 heteroatoms. The lowest BCUT2D eigenvalue weighted by Gasteiger charge is -2.28. The minimum absolute atomic E-state index is 0.0656. The molecule has 0 amide bonds. The third-order valence-corrected chi connectivity index (χ3v) is 5.02. The van der Waals surface area contributed by atoms with E-state index in [1.165, 1.54) is 5.69 Å². The maximum Gasteiger partial charge on any atom is 0.180 e. The molecule has 5 nitrogen and oxygen atoms in total. The zero-order chi connectivity index (χ0) is 19.9. The Morgan fingerprint density at radius 2 is 1.93 bits per heavy atom. The van der Waals surface area contributed by atoms with Gasteiger partial charge in [-0.2, -0.15) is 0 Å². The second-order valence-corrected chi connectivity index (χ2v) is 7.15. The second kappa shape index (κ2) is 9.80. The van der Waals surface area contributed by atoms with E-state index < -0.39 is 0 Å². The Hall–Kier alpha value is -2.24. The number of ether oxygens (including phenoxy) is 3. The van der Waals surface area contributed by atoms with Gasteiger partial charge in [-0.15, -0.1) is 0 Å². The minimum atomic E-state index is 0.0656. The Morgan fingerprint density at radius 1 is 1.21 bits per heavy atom. The van der Waals surface area contributed by atoms with Crippen LogP contribution in [0.25, 0.3) is 0 Å². The quantitative estimate of drug-likeness (QED) is 0.603. The third-order valence-electron chi connectivity index (χ3n) is 4.73. The molecule has 1 aliphatic heterocycles. The highest BCUT2D eigenvalue weighted by Gasteiger charge is 2.14. The van der Waals surface area contributed by atoms with Crippen molar-refractivity contribution in [3.8, 4) is 11.5 Å². The monoisotopic (exact) mass is 402 g/mol. The molecule has 0 bridgehead atoms. The first kappa shape index (κ1) is 20.5. The molecule has 1 saturated heterocycles. The molecule has 0 saturated carbocycles. The number of hydrogen-bond donors (Lipinski definition) is 0. The molecule has 2 aromatic rings. The van der Waals surface area contributed by atoms with E-state index in [2.05, 4.69) is 28.9 Å². The van der Waals surface area contributed by atoms with Crippen molar-refractivity contribution in [2.24, 2.45) is 4.99 Å². The summed E-state index contributed by atoms with van der Waals surface area (Å²) in [7, 11) is 1.61. The molecule has 0 N–H and O–H groups in total. The van der Waals surface area contributed by atoms with Crippen molar-refractivity contribution in [1.82, 2.24) is 0 Å². The first-order valence-corrected chi connectivity index (χ1v) is 9.99. The van der Waals surface area contributed by atoms with E-state index in [-0.39, 0.29) is 6.10 Å². The van der Waals surface area contributed by atoms with Crippen LogP contribution in [0.4, 0.5) is 11.4 Å². The largest absolute Gasteiger partial charge is 0.493 e. The SMILES string of the molecule is CC[C@H](C)Oc1c(Cl)cc(C=Nc2ccc(N3CCOCC3)cc2)cc1OC. The average Bonchev–Trinajstić information content (AvgIpc) is 2.74. The molecule has 1 atom stereocenters. The van der Waals surface area contributed by atoms with Gasteiger partial charge in [0, 0.05) is 25.0 Å². The number of methoxy groups -OCH3 is 1. The Morgan fingerprint density at radius 3 is 2.57 bits per heavy atom. The maximum absolute atomic E-state index is 6.42. The molecule has 1 heterocycles. The minimum Gasteiger partial charge on any atom is -0.493 e. The molecular formula is C22H27ClN2O3. The van der Waals surface area contributed by atoms with Crippen molar-refractivity contribution < 1.29 is 14.2 Å². The predicted molar refractivity (Wildman–Crippen MR) is 115 cm³/mol. The number of hydrogen-bond acceptors (Lipinski definition) is 5. The number of nitrogens with zero attached hydrogens (tertiary/aromatic N) is 2. The maximum atomic E-state index is 6.42. The fourth-order valence-corrected chi connectivity index (χ4v) is 3.20. The average molecular weight is 403 g/mol. The summed E-state index contributed by atoms with van der Waals surface area (Å²) in [6.45, 7) is 7.47. The molecule has 0 spiro atoms.